The molecule has 0 amide bonds. The highest BCUT2D eigenvalue weighted by molar-refractivity contribution is 5.43. The molecule has 3 rings (SSSR count). The molecule has 1 aliphatic rings. The Morgan fingerprint density at radius 3 is 2.67 bits per heavy atom. The third-order valence-electron chi connectivity index (χ3n) is 4.24. The number of rotatable bonds is 3. The van der Waals surface area contributed by atoms with Gasteiger partial charge in [-0.2, -0.15) is 0 Å². The van der Waals surface area contributed by atoms with Crippen molar-refractivity contribution < 1.29 is 0 Å². The Morgan fingerprint density at radius 2 is 2.00 bits per heavy atom. The molecule has 2 heterocycles. The number of hydrogen-bond donors (Lipinski definition) is 1. The van der Waals surface area contributed by atoms with E-state index in [9.17, 15) is 4.79 Å². The van der Waals surface area contributed by atoms with Crippen molar-refractivity contribution in [3.63, 3.8) is 0 Å². The van der Waals surface area contributed by atoms with Crippen LogP contribution >= 0.6 is 0 Å². The lowest BCUT2D eigenvalue weighted by atomic mass is 9.96. The van der Waals surface area contributed by atoms with Crippen molar-refractivity contribution in [2.75, 3.05) is 6.54 Å². The highest BCUT2D eigenvalue weighted by atomic mass is 16.1. The van der Waals surface area contributed by atoms with Gasteiger partial charge in [-0.05, 0) is 44.9 Å². The maximum Gasteiger partial charge on any atom is 0.332 e. The molecule has 1 aliphatic heterocycles. The van der Waals surface area contributed by atoms with Gasteiger partial charge in [-0.1, -0.05) is 24.6 Å². The van der Waals surface area contributed by atoms with E-state index >= 15 is 0 Å². The van der Waals surface area contributed by atoms with Gasteiger partial charge < -0.3 is 5.32 Å². The van der Waals surface area contributed by atoms with E-state index in [4.69, 9.17) is 0 Å². The maximum atomic E-state index is 12.6. The molecular formula is C17H23N3O. The lowest BCUT2D eigenvalue weighted by Gasteiger charge is -2.25. The Labute approximate surface area is 125 Å². The first kappa shape index (κ1) is 14.1. The summed E-state index contributed by atoms with van der Waals surface area (Å²) in [6, 6.07) is 8.76. The van der Waals surface area contributed by atoms with E-state index in [1.54, 1.807) is 9.13 Å². The first-order chi connectivity index (χ1) is 10.2. The van der Waals surface area contributed by atoms with Crippen LogP contribution in [0.3, 0.4) is 0 Å². The minimum Gasteiger partial charge on any atom is -0.310 e. The van der Waals surface area contributed by atoms with Crippen LogP contribution in [0.1, 0.15) is 50.8 Å². The van der Waals surface area contributed by atoms with Crippen LogP contribution < -0.4 is 11.0 Å². The highest BCUT2D eigenvalue weighted by Gasteiger charge is 2.19. The van der Waals surface area contributed by atoms with E-state index in [0.29, 0.717) is 6.04 Å². The van der Waals surface area contributed by atoms with Crippen LogP contribution in [0, 0.1) is 0 Å². The number of para-hydroxylation sites is 1. The molecule has 0 radical (unpaired) electrons. The van der Waals surface area contributed by atoms with Crippen LogP contribution in [0.15, 0.2) is 41.5 Å². The van der Waals surface area contributed by atoms with Gasteiger partial charge in [0, 0.05) is 24.5 Å². The van der Waals surface area contributed by atoms with Crippen molar-refractivity contribution in [2.45, 2.75) is 45.2 Å². The van der Waals surface area contributed by atoms with Gasteiger partial charge in [0.05, 0.1) is 5.69 Å². The molecule has 1 aromatic heterocycles. The molecule has 0 bridgehead atoms. The fourth-order valence-electron chi connectivity index (χ4n) is 3.09. The molecule has 0 saturated carbocycles. The fraction of sp³-hybridized carbons (Fsp3) is 0.471. The topological polar surface area (TPSA) is 39.0 Å². The summed E-state index contributed by atoms with van der Waals surface area (Å²) < 4.78 is 3.54. The zero-order valence-electron chi connectivity index (χ0n) is 12.7. The molecule has 1 saturated heterocycles. The van der Waals surface area contributed by atoms with Crippen LogP contribution in [0.4, 0.5) is 0 Å². The highest BCUT2D eigenvalue weighted by Crippen LogP contribution is 2.27. The first-order valence-corrected chi connectivity index (χ1v) is 7.80. The Morgan fingerprint density at radius 1 is 1.19 bits per heavy atom. The molecule has 4 nitrogen and oxygen atoms in total. The summed E-state index contributed by atoms with van der Waals surface area (Å²) in [6.07, 6.45) is 7.37. The predicted molar refractivity (Wildman–Crippen MR) is 85.0 cm³/mol. The summed E-state index contributed by atoms with van der Waals surface area (Å²) in [5.74, 6) is 0. The van der Waals surface area contributed by atoms with Crippen LogP contribution in [0.2, 0.25) is 0 Å². The molecule has 112 valence electrons. The smallest absolute Gasteiger partial charge is 0.310 e. The van der Waals surface area contributed by atoms with Crippen molar-refractivity contribution in [1.82, 2.24) is 14.5 Å². The number of nitrogens with one attached hydrogen (secondary N) is 1. The number of aromatic nitrogens is 2. The first-order valence-electron chi connectivity index (χ1n) is 7.80. The standard InChI is InChI=1S/C17H23N3O/c1-13(2)19-11-12-20(17(19)21)16-9-4-3-7-14(16)15-8-5-6-10-18-15/h3-4,7,9,11-13,15,18H,5-6,8,10H2,1-2H3. The predicted octanol–water partition coefficient (Wildman–Crippen LogP) is 3.03. The van der Waals surface area contributed by atoms with Crippen molar-refractivity contribution in [1.29, 1.82) is 0 Å². The van der Waals surface area contributed by atoms with Crippen molar-refractivity contribution in [2.24, 2.45) is 0 Å². The molecule has 1 aromatic carbocycles. The van der Waals surface area contributed by atoms with Crippen LogP contribution in [-0.2, 0) is 0 Å². The summed E-state index contributed by atoms with van der Waals surface area (Å²) in [4.78, 5) is 12.6. The number of imidazole rings is 1. The monoisotopic (exact) mass is 285 g/mol. The zero-order valence-corrected chi connectivity index (χ0v) is 12.7. The van der Waals surface area contributed by atoms with E-state index in [2.05, 4.69) is 17.4 Å². The van der Waals surface area contributed by atoms with Crippen molar-refractivity contribution in [3.05, 3.63) is 52.7 Å². The summed E-state index contributed by atoms with van der Waals surface area (Å²) >= 11 is 0. The van der Waals surface area contributed by atoms with Gasteiger partial charge >= 0.3 is 5.69 Å². The van der Waals surface area contributed by atoms with E-state index in [1.807, 2.05) is 38.4 Å². The molecule has 2 aromatic rings. The SMILES string of the molecule is CC(C)n1ccn(-c2ccccc2C2CCCCN2)c1=O. The number of nitrogens with zero attached hydrogens (tertiary/aromatic N) is 2. The largest absolute Gasteiger partial charge is 0.332 e. The van der Waals surface area contributed by atoms with Gasteiger partial charge in [-0.3, -0.25) is 9.13 Å². The van der Waals surface area contributed by atoms with Crippen LogP contribution in [0.25, 0.3) is 5.69 Å². The Balaban J connectivity index is 2.04. The Bertz CT molecular complexity index is 663. The van der Waals surface area contributed by atoms with Crippen molar-refractivity contribution >= 4 is 0 Å². The summed E-state index contributed by atoms with van der Waals surface area (Å²) in [5.41, 5.74) is 2.26. The van der Waals surface area contributed by atoms with Crippen LogP contribution in [-0.4, -0.2) is 15.7 Å². The van der Waals surface area contributed by atoms with Gasteiger partial charge in [-0.25, -0.2) is 4.79 Å². The average Bonchev–Trinajstić information content (AvgIpc) is 2.90. The van der Waals surface area contributed by atoms with E-state index < -0.39 is 0 Å². The quantitative estimate of drug-likeness (QED) is 0.941. The Hall–Kier alpha value is -1.81. The second kappa shape index (κ2) is 5.90. The van der Waals surface area contributed by atoms with Gasteiger partial charge in [0.2, 0.25) is 0 Å². The number of hydrogen-bond acceptors (Lipinski definition) is 2. The van der Waals surface area contributed by atoms with Crippen molar-refractivity contribution in [3.8, 4) is 5.69 Å². The summed E-state index contributed by atoms with van der Waals surface area (Å²) in [6.45, 7) is 5.11. The molecule has 0 aliphatic carbocycles. The molecule has 4 heteroatoms. The second-order valence-corrected chi connectivity index (χ2v) is 6.01. The molecule has 1 N–H and O–H groups in total. The normalized spacial score (nSPS) is 19.1. The molecule has 21 heavy (non-hydrogen) atoms. The molecular weight excluding hydrogens is 262 g/mol. The molecule has 1 fully saturated rings. The minimum absolute atomic E-state index is 0.0354. The molecule has 0 spiro atoms. The average molecular weight is 285 g/mol. The van der Waals surface area contributed by atoms with Gasteiger partial charge in [0.15, 0.2) is 0 Å². The van der Waals surface area contributed by atoms with Gasteiger partial charge in [0.1, 0.15) is 0 Å². The van der Waals surface area contributed by atoms with Gasteiger partial charge in [0.25, 0.3) is 0 Å². The summed E-state index contributed by atoms with van der Waals surface area (Å²) in [7, 11) is 0. The number of benzene rings is 1. The third-order valence-corrected chi connectivity index (χ3v) is 4.24. The molecule has 1 unspecified atom stereocenters. The molecule has 1 atom stereocenters. The number of piperidine rings is 1. The summed E-state index contributed by atoms with van der Waals surface area (Å²) in [5, 5.41) is 3.57. The van der Waals surface area contributed by atoms with E-state index in [1.165, 1.54) is 18.4 Å². The third kappa shape index (κ3) is 2.68. The minimum atomic E-state index is 0.0354. The maximum absolute atomic E-state index is 12.6. The van der Waals surface area contributed by atoms with E-state index in [0.717, 1.165) is 18.7 Å². The Kier molecular flexibility index (Phi) is 3.97. The van der Waals surface area contributed by atoms with E-state index in [-0.39, 0.29) is 11.7 Å². The van der Waals surface area contributed by atoms with Crippen LogP contribution in [0.5, 0.6) is 0 Å². The second-order valence-electron chi connectivity index (χ2n) is 6.01. The van der Waals surface area contributed by atoms with Gasteiger partial charge in [-0.15, -0.1) is 0 Å². The fourth-order valence-corrected chi connectivity index (χ4v) is 3.09. The zero-order chi connectivity index (χ0) is 14.8. The lowest BCUT2D eigenvalue weighted by Crippen LogP contribution is -2.29. The lowest BCUT2D eigenvalue weighted by molar-refractivity contribution is 0.411.